The van der Waals surface area contributed by atoms with Gasteiger partial charge in [-0.15, -0.1) is 0 Å². The monoisotopic (exact) mass is 420 g/mol. The smallest absolute Gasteiger partial charge is 0.240 e. The number of nitrogens with one attached hydrogen (secondary N) is 2. The average Bonchev–Trinajstić information content (AvgIpc) is 2.72. The number of ether oxygens (including phenoxy) is 3. The Hall–Kier alpha value is -2.78. The number of hydrogen-bond donors (Lipinski definition) is 2. The number of amides is 1. The normalized spacial score (nSPS) is 15.6. The SMILES string of the molecule is CCOc1ccc(S(=O)(=O)NCCC(=O)NC[C@H]2COc3ccccc3O2)cc1. The number of sulfonamides is 1. The highest BCUT2D eigenvalue weighted by Gasteiger charge is 2.21. The second-order valence-corrected chi connectivity index (χ2v) is 8.12. The van der Waals surface area contributed by atoms with Crippen molar-refractivity contribution in [2.75, 3.05) is 26.3 Å². The lowest BCUT2D eigenvalue weighted by molar-refractivity contribution is -0.121. The summed E-state index contributed by atoms with van der Waals surface area (Å²) < 4.78 is 43.6. The summed E-state index contributed by atoms with van der Waals surface area (Å²) in [6.45, 7) is 2.96. The van der Waals surface area contributed by atoms with E-state index in [9.17, 15) is 13.2 Å². The number of para-hydroxylation sites is 2. The second kappa shape index (κ2) is 9.62. The molecule has 0 spiro atoms. The van der Waals surface area contributed by atoms with Crippen LogP contribution in [0.5, 0.6) is 17.2 Å². The Balaban J connectivity index is 1.40. The lowest BCUT2D eigenvalue weighted by Crippen LogP contribution is -2.41. The van der Waals surface area contributed by atoms with E-state index in [2.05, 4.69) is 10.0 Å². The van der Waals surface area contributed by atoms with Crippen molar-refractivity contribution >= 4 is 15.9 Å². The summed E-state index contributed by atoms with van der Waals surface area (Å²) in [4.78, 5) is 12.1. The van der Waals surface area contributed by atoms with E-state index in [0.29, 0.717) is 30.5 Å². The molecule has 0 aliphatic carbocycles. The quantitative estimate of drug-likeness (QED) is 0.640. The average molecular weight is 420 g/mol. The Morgan fingerprint density at radius 2 is 1.86 bits per heavy atom. The summed E-state index contributed by atoms with van der Waals surface area (Å²) in [6.07, 6.45) is -0.283. The number of carbonyl (C=O) groups is 1. The number of carbonyl (C=O) groups excluding carboxylic acids is 1. The molecule has 156 valence electrons. The van der Waals surface area contributed by atoms with E-state index in [1.165, 1.54) is 12.1 Å². The Bertz CT molecular complexity index is 930. The van der Waals surface area contributed by atoms with Gasteiger partial charge in [-0.05, 0) is 43.3 Å². The van der Waals surface area contributed by atoms with Crippen molar-refractivity contribution in [2.45, 2.75) is 24.3 Å². The number of benzene rings is 2. The molecule has 1 amide bonds. The fourth-order valence-electron chi connectivity index (χ4n) is 2.74. The zero-order valence-electron chi connectivity index (χ0n) is 16.1. The van der Waals surface area contributed by atoms with Gasteiger partial charge in [-0.1, -0.05) is 12.1 Å². The van der Waals surface area contributed by atoms with Crippen LogP contribution in [0.25, 0.3) is 0 Å². The van der Waals surface area contributed by atoms with Crippen molar-refractivity contribution in [1.82, 2.24) is 10.0 Å². The van der Waals surface area contributed by atoms with Gasteiger partial charge in [0.2, 0.25) is 15.9 Å². The van der Waals surface area contributed by atoms with Gasteiger partial charge in [-0.2, -0.15) is 0 Å². The standard InChI is InChI=1S/C20H24N2O6S/c1-2-26-15-7-9-17(10-8-15)29(24,25)22-12-11-20(23)21-13-16-14-27-18-5-3-4-6-19(18)28-16/h3-10,16,22H,2,11-14H2,1H3,(H,21,23)/t16-/m0/s1. The topological polar surface area (TPSA) is 103 Å². The summed E-state index contributed by atoms with van der Waals surface area (Å²) in [6, 6.07) is 13.4. The highest BCUT2D eigenvalue weighted by Crippen LogP contribution is 2.30. The van der Waals surface area contributed by atoms with Gasteiger partial charge in [0.1, 0.15) is 18.5 Å². The molecule has 0 fully saturated rings. The lowest BCUT2D eigenvalue weighted by Gasteiger charge is -2.26. The fourth-order valence-corrected chi connectivity index (χ4v) is 3.78. The van der Waals surface area contributed by atoms with E-state index in [0.717, 1.165) is 0 Å². The molecule has 0 radical (unpaired) electrons. The van der Waals surface area contributed by atoms with Gasteiger partial charge in [0.25, 0.3) is 0 Å². The zero-order chi connectivity index (χ0) is 20.7. The highest BCUT2D eigenvalue weighted by molar-refractivity contribution is 7.89. The number of hydrogen-bond acceptors (Lipinski definition) is 6. The molecule has 1 aliphatic rings. The molecule has 0 saturated heterocycles. The van der Waals surface area contributed by atoms with Crippen LogP contribution in [0.1, 0.15) is 13.3 Å². The zero-order valence-corrected chi connectivity index (χ0v) is 16.9. The summed E-state index contributed by atoms with van der Waals surface area (Å²) >= 11 is 0. The molecule has 0 bridgehead atoms. The van der Waals surface area contributed by atoms with Crippen LogP contribution in [0.15, 0.2) is 53.4 Å². The maximum atomic E-state index is 12.3. The molecule has 9 heteroatoms. The molecule has 8 nitrogen and oxygen atoms in total. The van der Waals surface area contributed by atoms with E-state index < -0.39 is 10.0 Å². The van der Waals surface area contributed by atoms with Crippen LogP contribution < -0.4 is 24.2 Å². The molecule has 1 heterocycles. The van der Waals surface area contributed by atoms with Crippen LogP contribution >= 0.6 is 0 Å². The fraction of sp³-hybridized carbons (Fsp3) is 0.350. The van der Waals surface area contributed by atoms with Gasteiger partial charge >= 0.3 is 0 Å². The Morgan fingerprint density at radius 3 is 2.59 bits per heavy atom. The van der Waals surface area contributed by atoms with Crippen LogP contribution in [-0.2, 0) is 14.8 Å². The minimum Gasteiger partial charge on any atom is -0.494 e. The minimum atomic E-state index is -3.69. The molecular weight excluding hydrogens is 396 g/mol. The van der Waals surface area contributed by atoms with Crippen LogP contribution in [0.3, 0.4) is 0 Å². The molecule has 29 heavy (non-hydrogen) atoms. The lowest BCUT2D eigenvalue weighted by atomic mass is 10.2. The van der Waals surface area contributed by atoms with Gasteiger partial charge in [0.05, 0.1) is 18.0 Å². The van der Waals surface area contributed by atoms with Crippen LogP contribution in [0, 0.1) is 0 Å². The molecule has 0 saturated carbocycles. The van der Waals surface area contributed by atoms with Crippen LogP contribution in [-0.4, -0.2) is 46.7 Å². The van der Waals surface area contributed by atoms with Crippen molar-refractivity contribution in [3.05, 3.63) is 48.5 Å². The number of rotatable bonds is 9. The molecule has 3 rings (SSSR count). The summed E-state index contributed by atoms with van der Waals surface area (Å²) in [5, 5.41) is 2.74. The summed E-state index contributed by atoms with van der Waals surface area (Å²) in [7, 11) is -3.69. The molecular formula is C20H24N2O6S. The Morgan fingerprint density at radius 1 is 1.14 bits per heavy atom. The van der Waals surface area contributed by atoms with E-state index >= 15 is 0 Å². The van der Waals surface area contributed by atoms with E-state index in [4.69, 9.17) is 14.2 Å². The van der Waals surface area contributed by atoms with Gasteiger partial charge in [-0.25, -0.2) is 13.1 Å². The molecule has 0 unspecified atom stereocenters. The molecule has 1 atom stereocenters. The largest absolute Gasteiger partial charge is 0.494 e. The highest BCUT2D eigenvalue weighted by atomic mass is 32.2. The summed E-state index contributed by atoms with van der Waals surface area (Å²) in [5.74, 6) is 1.64. The van der Waals surface area contributed by atoms with Crippen molar-refractivity contribution in [1.29, 1.82) is 0 Å². The molecule has 2 aromatic carbocycles. The van der Waals surface area contributed by atoms with E-state index in [1.807, 2.05) is 25.1 Å². The first-order valence-electron chi connectivity index (χ1n) is 9.35. The maximum Gasteiger partial charge on any atom is 0.240 e. The number of fused-ring (bicyclic) bond motifs is 1. The molecule has 2 aromatic rings. The first-order valence-corrected chi connectivity index (χ1v) is 10.8. The first-order chi connectivity index (χ1) is 14.0. The van der Waals surface area contributed by atoms with E-state index in [-0.39, 0.29) is 36.4 Å². The van der Waals surface area contributed by atoms with Gasteiger partial charge in [0.15, 0.2) is 11.5 Å². The predicted octanol–water partition coefficient (Wildman–Crippen LogP) is 1.71. The summed E-state index contributed by atoms with van der Waals surface area (Å²) in [5.41, 5.74) is 0. The third kappa shape index (κ3) is 5.85. The van der Waals surface area contributed by atoms with Gasteiger partial charge in [-0.3, -0.25) is 4.79 Å². The first kappa shape index (κ1) is 20.9. The van der Waals surface area contributed by atoms with Crippen LogP contribution in [0.2, 0.25) is 0 Å². The minimum absolute atomic E-state index is 0.00770. The van der Waals surface area contributed by atoms with Crippen molar-refractivity contribution in [3.63, 3.8) is 0 Å². The second-order valence-electron chi connectivity index (χ2n) is 6.35. The van der Waals surface area contributed by atoms with Crippen molar-refractivity contribution in [3.8, 4) is 17.2 Å². The maximum absolute atomic E-state index is 12.3. The molecule has 0 aromatic heterocycles. The third-order valence-corrected chi connectivity index (χ3v) is 5.66. The van der Waals surface area contributed by atoms with Crippen molar-refractivity contribution < 1.29 is 27.4 Å². The Kier molecular flexibility index (Phi) is 6.95. The Labute approximate surface area is 170 Å². The molecule has 2 N–H and O–H groups in total. The predicted molar refractivity (Wildman–Crippen MR) is 107 cm³/mol. The third-order valence-electron chi connectivity index (χ3n) is 4.18. The van der Waals surface area contributed by atoms with Gasteiger partial charge in [0, 0.05) is 13.0 Å². The van der Waals surface area contributed by atoms with E-state index in [1.54, 1.807) is 18.2 Å². The van der Waals surface area contributed by atoms with Gasteiger partial charge < -0.3 is 19.5 Å². The van der Waals surface area contributed by atoms with Crippen molar-refractivity contribution in [2.24, 2.45) is 0 Å². The van der Waals surface area contributed by atoms with Crippen LogP contribution in [0.4, 0.5) is 0 Å². The molecule has 1 aliphatic heterocycles.